The third-order valence-corrected chi connectivity index (χ3v) is 2.50. The molecule has 3 N–H and O–H groups in total. The molecule has 1 aromatic heterocycles. The second-order valence-corrected chi connectivity index (χ2v) is 3.79. The van der Waals surface area contributed by atoms with Gasteiger partial charge in [-0.25, -0.2) is 4.98 Å². The highest BCUT2D eigenvalue weighted by Gasteiger charge is 2.08. The lowest BCUT2D eigenvalue weighted by Gasteiger charge is -2.03. The topological polar surface area (TPSA) is 64.1 Å². The average molecular weight is 217 g/mol. The lowest BCUT2D eigenvalue weighted by molar-refractivity contribution is 0.182. The van der Waals surface area contributed by atoms with Gasteiger partial charge < -0.3 is 15.4 Å². The van der Waals surface area contributed by atoms with Crippen molar-refractivity contribution in [3.05, 3.63) is 48.0 Å². The van der Waals surface area contributed by atoms with Crippen molar-refractivity contribution < 1.29 is 5.11 Å². The van der Waals surface area contributed by atoms with Crippen LogP contribution in [0.5, 0.6) is 0 Å². The van der Waals surface area contributed by atoms with E-state index in [1.165, 1.54) is 5.56 Å². The molecule has 2 rings (SSSR count). The Morgan fingerprint density at radius 1 is 1.38 bits per heavy atom. The van der Waals surface area contributed by atoms with Crippen LogP contribution in [-0.4, -0.2) is 21.2 Å². The maximum Gasteiger partial charge on any atom is 0.110 e. The van der Waals surface area contributed by atoms with Crippen LogP contribution in [0.1, 0.15) is 17.4 Å². The van der Waals surface area contributed by atoms with Crippen molar-refractivity contribution in [2.75, 3.05) is 6.54 Å². The summed E-state index contributed by atoms with van der Waals surface area (Å²) in [6, 6.07) is 8.09. The van der Waals surface area contributed by atoms with Gasteiger partial charge in [0.25, 0.3) is 0 Å². The Balaban J connectivity index is 2.28. The second kappa shape index (κ2) is 4.47. The summed E-state index contributed by atoms with van der Waals surface area (Å²) < 4.78 is 1.87. The van der Waals surface area contributed by atoms with Crippen molar-refractivity contribution in [2.24, 2.45) is 5.73 Å². The number of aliphatic hydroxyl groups excluding tert-OH is 1. The van der Waals surface area contributed by atoms with Gasteiger partial charge in [-0.2, -0.15) is 0 Å². The molecule has 2 aromatic rings. The van der Waals surface area contributed by atoms with E-state index in [-0.39, 0.29) is 6.54 Å². The molecule has 0 saturated heterocycles. The van der Waals surface area contributed by atoms with E-state index in [4.69, 9.17) is 5.73 Å². The van der Waals surface area contributed by atoms with E-state index in [0.29, 0.717) is 5.69 Å². The van der Waals surface area contributed by atoms with E-state index in [1.807, 2.05) is 35.8 Å². The summed E-state index contributed by atoms with van der Waals surface area (Å²) in [7, 11) is 0. The zero-order valence-electron chi connectivity index (χ0n) is 9.17. The molecule has 0 aliphatic rings. The molecule has 0 saturated carbocycles. The van der Waals surface area contributed by atoms with E-state index in [1.54, 1.807) is 12.5 Å². The number of aryl methyl sites for hydroxylation is 1. The predicted molar refractivity (Wildman–Crippen MR) is 62.3 cm³/mol. The van der Waals surface area contributed by atoms with Crippen LogP contribution in [0.3, 0.4) is 0 Å². The molecule has 1 atom stereocenters. The van der Waals surface area contributed by atoms with Gasteiger partial charge in [0.2, 0.25) is 0 Å². The van der Waals surface area contributed by atoms with Crippen molar-refractivity contribution in [1.29, 1.82) is 0 Å². The Morgan fingerprint density at radius 2 is 2.06 bits per heavy atom. The number of aliphatic hydroxyl groups is 1. The first-order valence-electron chi connectivity index (χ1n) is 5.20. The van der Waals surface area contributed by atoms with E-state index < -0.39 is 6.10 Å². The largest absolute Gasteiger partial charge is 0.385 e. The highest BCUT2D eigenvalue weighted by atomic mass is 16.3. The third kappa shape index (κ3) is 2.13. The molecule has 84 valence electrons. The Labute approximate surface area is 94.4 Å². The predicted octanol–water partition coefficient (Wildman–Crippen LogP) is 1.17. The Bertz CT molecular complexity index is 461. The highest BCUT2D eigenvalue weighted by Crippen LogP contribution is 2.13. The van der Waals surface area contributed by atoms with Crippen molar-refractivity contribution >= 4 is 0 Å². The van der Waals surface area contributed by atoms with Gasteiger partial charge in [0.05, 0.1) is 12.0 Å². The Kier molecular flexibility index (Phi) is 3.03. The first-order valence-corrected chi connectivity index (χ1v) is 5.20. The van der Waals surface area contributed by atoms with Crippen molar-refractivity contribution in [2.45, 2.75) is 13.0 Å². The molecule has 0 spiro atoms. The maximum absolute atomic E-state index is 9.53. The third-order valence-electron chi connectivity index (χ3n) is 2.50. The zero-order chi connectivity index (χ0) is 11.5. The fraction of sp³-hybridized carbons (Fsp3) is 0.250. The average Bonchev–Trinajstić information content (AvgIpc) is 2.78. The van der Waals surface area contributed by atoms with Gasteiger partial charge in [0, 0.05) is 18.4 Å². The van der Waals surface area contributed by atoms with Gasteiger partial charge in [-0.15, -0.1) is 0 Å². The zero-order valence-corrected chi connectivity index (χ0v) is 9.17. The number of imidazole rings is 1. The van der Waals surface area contributed by atoms with Crippen LogP contribution in [-0.2, 0) is 0 Å². The second-order valence-electron chi connectivity index (χ2n) is 3.79. The van der Waals surface area contributed by atoms with Crippen LogP contribution < -0.4 is 5.73 Å². The summed E-state index contributed by atoms with van der Waals surface area (Å²) in [6.45, 7) is 2.23. The number of aromatic nitrogens is 2. The Morgan fingerprint density at radius 3 is 2.69 bits per heavy atom. The Hall–Kier alpha value is -1.65. The smallest absolute Gasteiger partial charge is 0.110 e. The first kappa shape index (κ1) is 10.9. The monoisotopic (exact) mass is 217 g/mol. The van der Waals surface area contributed by atoms with Gasteiger partial charge in [-0.3, -0.25) is 0 Å². The van der Waals surface area contributed by atoms with Crippen molar-refractivity contribution in [1.82, 2.24) is 9.55 Å². The number of rotatable bonds is 3. The highest BCUT2D eigenvalue weighted by molar-refractivity contribution is 5.34. The summed E-state index contributed by atoms with van der Waals surface area (Å²) in [5, 5.41) is 9.53. The molecule has 4 nitrogen and oxygen atoms in total. The van der Waals surface area contributed by atoms with E-state index in [0.717, 1.165) is 5.69 Å². The summed E-state index contributed by atoms with van der Waals surface area (Å²) >= 11 is 0. The number of hydrogen-bond donors (Lipinski definition) is 2. The molecular weight excluding hydrogens is 202 g/mol. The standard InChI is InChI=1S/C12H15N3O/c1-9-2-4-10(5-3-9)15-7-11(14-8-15)12(16)6-13/h2-5,7-8,12,16H,6,13H2,1H3. The lowest BCUT2D eigenvalue weighted by Crippen LogP contribution is -2.11. The van der Waals surface area contributed by atoms with Gasteiger partial charge >= 0.3 is 0 Å². The molecule has 16 heavy (non-hydrogen) atoms. The fourth-order valence-corrected chi connectivity index (χ4v) is 1.49. The molecule has 0 aliphatic heterocycles. The molecule has 1 heterocycles. The van der Waals surface area contributed by atoms with Crippen molar-refractivity contribution in [3.8, 4) is 5.69 Å². The van der Waals surface area contributed by atoms with Gasteiger partial charge in [0.15, 0.2) is 0 Å². The van der Waals surface area contributed by atoms with Crippen LogP contribution in [0.4, 0.5) is 0 Å². The molecule has 1 unspecified atom stereocenters. The normalized spacial score (nSPS) is 12.7. The number of hydrogen-bond acceptors (Lipinski definition) is 3. The minimum Gasteiger partial charge on any atom is -0.385 e. The quantitative estimate of drug-likeness (QED) is 0.811. The van der Waals surface area contributed by atoms with Crippen molar-refractivity contribution in [3.63, 3.8) is 0 Å². The van der Waals surface area contributed by atoms with Crippen LogP contribution >= 0.6 is 0 Å². The fourth-order valence-electron chi connectivity index (χ4n) is 1.49. The van der Waals surface area contributed by atoms with E-state index in [2.05, 4.69) is 4.98 Å². The summed E-state index contributed by atoms with van der Waals surface area (Å²) in [5.74, 6) is 0. The van der Waals surface area contributed by atoms with Crippen LogP contribution in [0.15, 0.2) is 36.8 Å². The SMILES string of the molecule is Cc1ccc(-n2cnc(C(O)CN)c2)cc1. The maximum atomic E-state index is 9.53. The molecule has 0 aliphatic carbocycles. The minimum atomic E-state index is -0.688. The lowest BCUT2D eigenvalue weighted by atomic mass is 10.2. The molecule has 0 bridgehead atoms. The van der Waals surface area contributed by atoms with Gasteiger partial charge in [-0.05, 0) is 19.1 Å². The molecule has 0 radical (unpaired) electrons. The first-order chi connectivity index (χ1) is 7.70. The van der Waals surface area contributed by atoms with E-state index >= 15 is 0 Å². The summed E-state index contributed by atoms with van der Waals surface area (Å²) in [6.07, 6.45) is 2.79. The number of benzene rings is 1. The van der Waals surface area contributed by atoms with Crippen LogP contribution in [0.25, 0.3) is 5.69 Å². The molecule has 0 fully saturated rings. The number of nitrogens with two attached hydrogens (primary N) is 1. The summed E-state index contributed by atoms with van der Waals surface area (Å²) in [4.78, 5) is 4.12. The summed E-state index contributed by atoms with van der Waals surface area (Å²) in [5.41, 5.74) is 8.21. The van der Waals surface area contributed by atoms with Gasteiger partial charge in [0.1, 0.15) is 6.10 Å². The van der Waals surface area contributed by atoms with Crippen LogP contribution in [0, 0.1) is 6.92 Å². The molecule has 4 heteroatoms. The minimum absolute atomic E-state index is 0.185. The number of nitrogens with zero attached hydrogens (tertiary/aromatic N) is 2. The molecule has 0 amide bonds. The molecular formula is C12H15N3O. The van der Waals surface area contributed by atoms with E-state index in [9.17, 15) is 5.11 Å². The van der Waals surface area contributed by atoms with Gasteiger partial charge in [-0.1, -0.05) is 17.7 Å². The van der Waals surface area contributed by atoms with Crippen LogP contribution in [0.2, 0.25) is 0 Å². The molecule has 1 aromatic carbocycles.